The Hall–Kier alpha value is -3.67. The van der Waals surface area contributed by atoms with Gasteiger partial charge in [0.1, 0.15) is 0 Å². The van der Waals surface area contributed by atoms with Crippen LogP contribution in [-0.2, 0) is 16.0 Å². The average molecular weight is 418 g/mol. The number of hydrazone groups is 1. The summed E-state index contributed by atoms with van der Waals surface area (Å²) in [5.74, 6) is -0.450. The predicted octanol–water partition coefficient (Wildman–Crippen LogP) is 4.35. The van der Waals surface area contributed by atoms with E-state index in [-0.39, 0.29) is 11.9 Å². The van der Waals surface area contributed by atoms with Crippen molar-refractivity contribution < 1.29 is 14.3 Å². The monoisotopic (exact) mass is 417 g/mol. The number of benzene rings is 2. The van der Waals surface area contributed by atoms with Crippen LogP contribution < -0.4 is 5.43 Å². The Balaban J connectivity index is 1.64. The highest BCUT2D eigenvalue weighted by atomic mass is 16.5. The van der Waals surface area contributed by atoms with Gasteiger partial charge in [-0.1, -0.05) is 30.3 Å². The largest absolute Gasteiger partial charge is 0.462 e. The predicted molar refractivity (Wildman–Crippen MR) is 122 cm³/mol. The molecule has 0 atom stereocenters. The Labute approximate surface area is 182 Å². The van der Waals surface area contributed by atoms with E-state index in [2.05, 4.69) is 15.1 Å². The van der Waals surface area contributed by atoms with Crippen molar-refractivity contribution in [3.63, 3.8) is 0 Å². The number of hydrogen-bond donors (Lipinski definition) is 1. The van der Waals surface area contributed by atoms with Crippen molar-refractivity contribution in [2.75, 3.05) is 6.61 Å². The van der Waals surface area contributed by atoms with Crippen LogP contribution in [0.4, 0.5) is 0 Å². The lowest BCUT2D eigenvalue weighted by Crippen LogP contribution is -2.17. The zero-order valence-electron chi connectivity index (χ0n) is 18.1. The molecule has 0 radical (unpaired) electrons. The minimum absolute atomic E-state index is 0.122. The van der Waals surface area contributed by atoms with Gasteiger partial charge < -0.3 is 9.30 Å². The first-order valence-electron chi connectivity index (χ1n) is 10.3. The molecule has 0 unspecified atom stereocenters. The topological polar surface area (TPSA) is 72.7 Å². The number of carbonyl (C=O) groups is 2. The second-order valence-electron chi connectivity index (χ2n) is 7.21. The Kier molecular flexibility index (Phi) is 7.38. The van der Waals surface area contributed by atoms with Gasteiger partial charge in [0.15, 0.2) is 0 Å². The van der Waals surface area contributed by atoms with Crippen LogP contribution in [0.5, 0.6) is 0 Å². The lowest BCUT2D eigenvalue weighted by molar-refractivity contribution is -0.121. The van der Waals surface area contributed by atoms with Crippen molar-refractivity contribution >= 4 is 18.1 Å². The Morgan fingerprint density at radius 3 is 2.45 bits per heavy atom. The smallest absolute Gasteiger partial charge is 0.338 e. The second kappa shape index (κ2) is 10.4. The molecule has 0 bridgehead atoms. The molecule has 0 spiro atoms. The molecule has 3 rings (SSSR count). The highest BCUT2D eigenvalue weighted by molar-refractivity contribution is 5.89. The summed E-state index contributed by atoms with van der Waals surface area (Å²) in [5.41, 5.74) is 8.11. The van der Waals surface area contributed by atoms with Gasteiger partial charge in [0.05, 0.1) is 18.4 Å². The van der Waals surface area contributed by atoms with Gasteiger partial charge >= 0.3 is 5.97 Å². The lowest BCUT2D eigenvalue weighted by Gasteiger charge is -2.10. The first kappa shape index (κ1) is 22.0. The zero-order valence-corrected chi connectivity index (χ0v) is 18.1. The van der Waals surface area contributed by atoms with Gasteiger partial charge in [0, 0.05) is 29.1 Å². The van der Waals surface area contributed by atoms with Gasteiger partial charge in [-0.25, -0.2) is 10.2 Å². The molecule has 0 saturated heterocycles. The number of nitrogens with one attached hydrogen (secondary N) is 1. The Morgan fingerprint density at radius 2 is 1.77 bits per heavy atom. The van der Waals surface area contributed by atoms with E-state index in [0.717, 1.165) is 28.2 Å². The van der Waals surface area contributed by atoms with Gasteiger partial charge in [-0.3, -0.25) is 4.79 Å². The number of hydrogen-bond acceptors (Lipinski definition) is 4. The highest BCUT2D eigenvalue weighted by Crippen LogP contribution is 2.20. The fourth-order valence-corrected chi connectivity index (χ4v) is 3.41. The SMILES string of the molecule is CCOC(=O)c1ccc(-n2c(C)cc(/C=N\NC(=O)CCc3ccccc3)c2C)cc1. The van der Waals surface area contributed by atoms with Crippen LogP contribution in [0.25, 0.3) is 5.69 Å². The van der Waals surface area contributed by atoms with Crippen LogP contribution in [0.1, 0.15) is 46.2 Å². The summed E-state index contributed by atoms with van der Waals surface area (Å²) in [7, 11) is 0. The van der Waals surface area contributed by atoms with Crippen molar-refractivity contribution in [2.45, 2.75) is 33.6 Å². The second-order valence-corrected chi connectivity index (χ2v) is 7.21. The molecule has 3 aromatic rings. The highest BCUT2D eigenvalue weighted by Gasteiger charge is 2.11. The summed E-state index contributed by atoms with van der Waals surface area (Å²) >= 11 is 0. The molecule has 2 aromatic carbocycles. The third-order valence-electron chi connectivity index (χ3n) is 4.98. The number of aryl methyl sites for hydroxylation is 2. The minimum atomic E-state index is -0.328. The van der Waals surface area contributed by atoms with Crippen LogP contribution in [0, 0.1) is 13.8 Å². The molecule has 1 aromatic heterocycles. The van der Waals surface area contributed by atoms with Crippen LogP contribution >= 0.6 is 0 Å². The summed E-state index contributed by atoms with van der Waals surface area (Å²) in [6.45, 7) is 6.13. The van der Waals surface area contributed by atoms with E-state index in [0.29, 0.717) is 25.0 Å². The molecule has 31 heavy (non-hydrogen) atoms. The summed E-state index contributed by atoms with van der Waals surface area (Å²) < 4.78 is 7.11. The number of carbonyl (C=O) groups excluding carboxylic acids is 2. The number of nitrogens with zero attached hydrogens (tertiary/aromatic N) is 2. The van der Waals surface area contributed by atoms with Gasteiger partial charge in [0.2, 0.25) is 5.91 Å². The number of ether oxygens (including phenoxy) is 1. The molecule has 0 fully saturated rings. The maximum atomic E-state index is 12.1. The number of amides is 1. The molecule has 0 aliphatic carbocycles. The Morgan fingerprint density at radius 1 is 1.06 bits per heavy atom. The summed E-state index contributed by atoms with van der Waals surface area (Å²) in [4.78, 5) is 23.9. The lowest BCUT2D eigenvalue weighted by atomic mass is 10.1. The van der Waals surface area contributed by atoms with E-state index < -0.39 is 0 Å². The molecule has 1 amide bonds. The van der Waals surface area contributed by atoms with Gasteiger partial charge in [-0.15, -0.1) is 0 Å². The van der Waals surface area contributed by atoms with Crippen LogP contribution in [0.2, 0.25) is 0 Å². The van der Waals surface area contributed by atoms with Crippen molar-refractivity contribution in [3.05, 3.63) is 88.7 Å². The first-order valence-corrected chi connectivity index (χ1v) is 10.3. The van der Waals surface area contributed by atoms with Crippen LogP contribution in [-0.4, -0.2) is 29.3 Å². The third kappa shape index (κ3) is 5.69. The summed E-state index contributed by atoms with van der Waals surface area (Å²) in [5, 5.41) is 4.12. The van der Waals surface area contributed by atoms with Gasteiger partial charge in [0.25, 0.3) is 0 Å². The standard InChI is InChI=1S/C25H27N3O3/c1-4-31-25(30)21-11-13-23(14-12-21)28-18(2)16-22(19(28)3)17-26-27-24(29)15-10-20-8-6-5-7-9-20/h5-9,11-14,16-17H,4,10,15H2,1-3H3,(H,27,29)/b26-17-. The molecule has 1 heterocycles. The van der Waals surface area contributed by atoms with Crippen molar-refractivity contribution in [1.29, 1.82) is 0 Å². The molecule has 0 aliphatic heterocycles. The van der Waals surface area contributed by atoms with E-state index >= 15 is 0 Å². The number of aromatic nitrogens is 1. The number of rotatable bonds is 8. The van der Waals surface area contributed by atoms with E-state index in [9.17, 15) is 9.59 Å². The van der Waals surface area contributed by atoms with E-state index in [1.54, 1.807) is 25.3 Å². The van der Waals surface area contributed by atoms with Crippen LogP contribution in [0.3, 0.4) is 0 Å². The van der Waals surface area contributed by atoms with Crippen molar-refractivity contribution in [1.82, 2.24) is 9.99 Å². The minimum Gasteiger partial charge on any atom is -0.462 e. The van der Waals surface area contributed by atoms with E-state index in [1.807, 2.05) is 62.4 Å². The molecule has 6 nitrogen and oxygen atoms in total. The van der Waals surface area contributed by atoms with E-state index in [1.165, 1.54) is 0 Å². The number of esters is 1. The third-order valence-corrected chi connectivity index (χ3v) is 4.98. The van der Waals surface area contributed by atoms with E-state index in [4.69, 9.17) is 4.74 Å². The maximum absolute atomic E-state index is 12.1. The molecule has 6 heteroatoms. The molecule has 0 saturated carbocycles. The normalized spacial score (nSPS) is 10.9. The Bertz CT molecular complexity index is 1070. The first-order chi connectivity index (χ1) is 15.0. The molecular weight excluding hydrogens is 390 g/mol. The van der Waals surface area contributed by atoms with Gasteiger partial charge in [-0.2, -0.15) is 5.10 Å². The fourth-order valence-electron chi connectivity index (χ4n) is 3.41. The molecular formula is C25H27N3O3. The fraction of sp³-hybridized carbons (Fsp3) is 0.240. The maximum Gasteiger partial charge on any atom is 0.338 e. The summed E-state index contributed by atoms with van der Waals surface area (Å²) in [6.07, 6.45) is 2.72. The molecule has 160 valence electrons. The average Bonchev–Trinajstić information content (AvgIpc) is 3.06. The quantitative estimate of drug-likeness (QED) is 0.336. The molecule has 1 N–H and O–H groups in total. The van der Waals surface area contributed by atoms with Crippen LogP contribution in [0.15, 0.2) is 65.8 Å². The zero-order chi connectivity index (χ0) is 22.2. The van der Waals surface area contributed by atoms with Gasteiger partial charge in [-0.05, 0) is 63.1 Å². The molecule has 0 aliphatic rings. The summed E-state index contributed by atoms with van der Waals surface area (Å²) in [6, 6.07) is 19.2. The van der Waals surface area contributed by atoms with Crippen molar-refractivity contribution in [2.24, 2.45) is 5.10 Å². The van der Waals surface area contributed by atoms with Crippen molar-refractivity contribution in [3.8, 4) is 5.69 Å².